The van der Waals surface area contributed by atoms with Gasteiger partial charge in [0, 0.05) is 5.92 Å². The lowest BCUT2D eigenvalue weighted by Crippen LogP contribution is -2.25. The van der Waals surface area contributed by atoms with Crippen LogP contribution in [0.5, 0.6) is 0 Å². The molecule has 1 heterocycles. The number of rotatable bonds is 1. The third kappa shape index (κ3) is 1.48. The van der Waals surface area contributed by atoms with Gasteiger partial charge in [-0.1, -0.05) is 26.0 Å². The number of hydrogen-bond acceptors (Lipinski definition) is 3. The van der Waals surface area contributed by atoms with Crippen molar-refractivity contribution in [3.8, 4) is 0 Å². The number of para-hydroxylation sites is 1. The predicted molar refractivity (Wildman–Crippen MR) is 55.9 cm³/mol. The molecule has 1 aromatic carbocycles. The van der Waals surface area contributed by atoms with Gasteiger partial charge in [0.05, 0.1) is 5.39 Å². The summed E-state index contributed by atoms with van der Waals surface area (Å²) in [5.74, 6) is -0.584. The van der Waals surface area contributed by atoms with Crippen LogP contribution in [0.25, 0.3) is 11.0 Å². The van der Waals surface area contributed by atoms with Gasteiger partial charge in [-0.05, 0) is 12.1 Å². The van der Waals surface area contributed by atoms with Crippen LogP contribution in [0.2, 0.25) is 0 Å². The molecule has 4 nitrogen and oxygen atoms in total. The van der Waals surface area contributed by atoms with E-state index in [1.54, 1.807) is 38.1 Å². The van der Waals surface area contributed by atoms with E-state index in [1.165, 1.54) is 0 Å². The van der Waals surface area contributed by atoms with E-state index in [2.05, 4.69) is 0 Å². The van der Waals surface area contributed by atoms with E-state index in [-0.39, 0.29) is 17.4 Å². The third-order valence-electron chi connectivity index (χ3n) is 2.19. The first-order valence-electron chi connectivity index (χ1n) is 4.76. The van der Waals surface area contributed by atoms with Crippen LogP contribution in [0.1, 0.15) is 18.6 Å². The van der Waals surface area contributed by atoms with Crippen molar-refractivity contribution in [3.05, 3.63) is 34.6 Å². The SMILES string of the molecule is CC(C)C(=O)n1oc2ccccc2c1=O. The zero-order valence-electron chi connectivity index (χ0n) is 8.56. The van der Waals surface area contributed by atoms with Gasteiger partial charge >= 0.3 is 0 Å². The van der Waals surface area contributed by atoms with Crippen LogP contribution in [0.4, 0.5) is 0 Å². The Morgan fingerprint density at radius 3 is 2.60 bits per heavy atom. The van der Waals surface area contributed by atoms with Crippen molar-refractivity contribution in [1.29, 1.82) is 0 Å². The van der Waals surface area contributed by atoms with Gasteiger partial charge in [0.25, 0.3) is 11.5 Å². The smallest absolute Gasteiger partial charge is 0.298 e. The van der Waals surface area contributed by atoms with Crippen LogP contribution in [-0.4, -0.2) is 10.6 Å². The normalized spacial score (nSPS) is 11.1. The average Bonchev–Trinajstić information content (AvgIpc) is 2.56. The number of carbonyl (C=O) groups is 1. The Morgan fingerprint density at radius 2 is 2.00 bits per heavy atom. The summed E-state index contributed by atoms with van der Waals surface area (Å²) >= 11 is 0. The van der Waals surface area contributed by atoms with E-state index in [0.29, 0.717) is 11.0 Å². The molecule has 78 valence electrons. The highest BCUT2D eigenvalue weighted by Gasteiger charge is 2.17. The van der Waals surface area contributed by atoms with E-state index >= 15 is 0 Å². The van der Waals surface area contributed by atoms with Crippen molar-refractivity contribution < 1.29 is 9.32 Å². The van der Waals surface area contributed by atoms with Gasteiger partial charge in [-0.25, -0.2) is 0 Å². The van der Waals surface area contributed by atoms with Crippen molar-refractivity contribution in [1.82, 2.24) is 4.74 Å². The van der Waals surface area contributed by atoms with Crippen LogP contribution in [0, 0.1) is 5.92 Å². The molecule has 0 unspecified atom stereocenters. The minimum absolute atomic E-state index is 0.261. The van der Waals surface area contributed by atoms with Gasteiger partial charge < -0.3 is 4.52 Å². The topological polar surface area (TPSA) is 52.2 Å². The Kier molecular flexibility index (Phi) is 2.19. The summed E-state index contributed by atoms with van der Waals surface area (Å²) in [5, 5.41) is 0.437. The third-order valence-corrected chi connectivity index (χ3v) is 2.19. The molecule has 0 N–H and O–H groups in total. The molecule has 0 atom stereocenters. The summed E-state index contributed by atoms with van der Waals surface area (Å²) in [4.78, 5) is 23.3. The quantitative estimate of drug-likeness (QED) is 0.714. The molecule has 1 aromatic heterocycles. The fourth-order valence-corrected chi connectivity index (χ4v) is 1.35. The molecule has 0 aliphatic heterocycles. The van der Waals surface area contributed by atoms with E-state index in [4.69, 9.17) is 4.52 Å². The van der Waals surface area contributed by atoms with Crippen LogP contribution in [0.3, 0.4) is 0 Å². The molecule has 0 bridgehead atoms. The zero-order chi connectivity index (χ0) is 11.0. The number of carbonyl (C=O) groups excluding carboxylic acids is 1. The second-order valence-corrected chi connectivity index (χ2v) is 3.68. The standard InChI is InChI=1S/C11H11NO3/c1-7(2)10(13)12-11(14)8-5-3-4-6-9(8)15-12/h3-7H,1-2H3. The monoisotopic (exact) mass is 205 g/mol. The Bertz CT molecular complexity index is 562. The van der Waals surface area contributed by atoms with Gasteiger partial charge in [-0.15, -0.1) is 4.74 Å². The Labute approximate surface area is 86.1 Å². The summed E-state index contributed by atoms with van der Waals surface area (Å²) in [5.41, 5.74) is 0.0563. The lowest BCUT2D eigenvalue weighted by molar-refractivity contribution is 0.0737. The second-order valence-electron chi connectivity index (χ2n) is 3.68. The number of nitrogens with zero attached hydrogens (tertiary/aromatic N) is 1. The van der Waals surface area contributed by atoms with Crippen molar-refractivity contribution in [3.63, 3.8) is 0 Å². The molecular formula is C11H11NO3. The molecular weight excluding hydrogens is 194 g/mol. The van der Waals surface area contributed by atoms with Crippen LogP contribution in [0.15, 0.2) is 33.6 Å². The lowest BCUT2D eigenvalue weighted by atomic mass is 10.2. The highest BCUT2D eigenvalue weighted by Crippen LogP contribution is 2.10. The van der Waals surface area contributed by atoms with Crippen LogP contribution in [-0.2, 0) is 0 Å². The molecule has 4 heteroatoms. The van der Waals surface area contributed by atoms with E-state index < -0.39 is 0 Å². The first kappa shape index (κ1) is 9.71. The molecule has 0 radical (unpaired) electrons. The predicted octanol–water partition coefficient (Wildman–Crippen LogP) is 1.89. The fraction of sp³-hybridized carbons (Fsp3) is 0.273. The molecule has 2 rings (SSSR count). The largest absolute Gasteiger partial charge is 0.368 e. The number of benzene rings is 1. The summed E-state index contributed by atoms with van der Waals surface area (Å²) < 4.78 is 6.01. The summed E-state index contributed by atoms with van der Waals surface area (Å²) in [6, 6.07) is 6.81. The second kappa shape index (κ2) is 3.38. The molecule has 0 fully saturated rings. The molecule has 0 saturated heterocycles. The Hall–Kier alpha value is -1.84. The van der Waals surface area contributed by atoms with E-state index in [0.717, 1.165) is 4.74 Å². The molecule has 0 saturated carbocycles. The molecule has 15 heavy (non-hydrogen) atoms. The van der Waals surface area contributed by atoms with E-state index in [1.807, 2.05) is 0 Å². The molecule has 0 spiro atoms. The molecule has 0 amide bonds. The van der Waals surface area contributed by atoms with Gasteiger partial charge in [-0.3, -0.25) is 9.59 Å². The van der Waals surface area contributed by atoms with Crippen molar-refractivity contribution >= 4 is 16.9 Å². The highest BCUT2D eigenvalue weighted by molar-refractivity contribution is 5.84. The van der Waals surface area contributed by atoms with Gasteiger partial charge in [0.2, 0.25) is 0 Å². The average molecular weight is 205 g/mol. The summed E-state index contributed by atoms with van der Waals surface area (Å²) in [7, 11) is 0. The van der Waals surface area contributed by atoms with Crippen molar-refractivity contribution in [2.75, 3.05) is 0 Å². The van der Waals surface area contributed by atoms with E-state index in [9.17, 15) is 9.59 Å². The molecule has 2 aromatic rings. The van der Waals surface area contributed by atoms with Gasteiger partial charge in [0.15, 0.2) is 5.58 Å². The fourth-order valence-electron chi connectivity index (χ4n) is 1.35. The molecule has 0 aliphatic rings. The zero-order valence-corrected chi connectivity index (χ0v) is 8.56. The minimum atomic E-state index is -0.385. The van der Waals surface area contributed by atoms with Crippen molar-refractivity contribution in [2.24, 2.45) is 5.92 Å². The number of fused-ring (bicyclic) bond motifs is 1. The van der Waals surface area contributed by atoms with Crippen molar-refractivity contribution in [2.45, 2.75) is 13.8 Å². The summed E-state index contributed by atoms with van der Waals surface area (Å²) in [6.07, 6.45) is 0. The summed E-state index contributed by atoms with van der Waals surface area (Å²) in [6.45, 7) is 3.45. The number of hydrogen-bond donors (Lipinski definition) is 0. The molecule has 0 aliphatic carbocycles. The van der Waals surface area contributed by atoms with Gasteiger partial charge in [-0.2, -0.15) is 0 Å². The lowest BCUT2D eigenvalue weighted by Gasteiger charge is -2.00. The van der Waals surface area contributed by atoms with Gasteiger partial charge in [0.1, 0.15) is 0 Å². The maximum Gasteiger partial charge on any atom is 0.298 e. The van der Waals surface area contributed by atoms with Crippen LogP contribution >= 0.6 is 0 Å². The minimum Gasteiger partial charge on any atom is -0.368 e. The highest BCUT2D eigenvalue weighted by atomic mass is 16.5. The first-order chi connectivity index (χ1) is 7.11. The first-order valence-corrected chi connectivity index (χ1v) is 4.76. The van der Waals surface area contributed by atoms with Crippen LogP contribution < -0.4 is 5.56 Å². The Morgan fingerprint density at radius 1 is 1.33 bits per heavy atom. The maximum absolute atomic E-state index is 11.7. The maximum atomic E-state index is 11.7. The number of aromatic nitrogens is 1. The Balaban J connectivity index is 2.69.